The van der Waals surface area contributed by atoms with Gasteiger partial charge in [-0.2, -0.15) is 0 Å². The molecule has 2 heteroatoms. The molecule has 2 nitrogen and oxygen atoms in total. The van der Waals surface area contributed by atoms with Crippen molar-refractivity contribution in [3.05, 3.63) is 24.3 Å². The quantitative estimate of drug-likeness (QED) is 0.645. The monoisotopic (exact) mass is 205 g/mol. The molecule has 1 aliphatic carbocycles. The topological polar surface area (TPSA) is 12.5 Å². The number of para-hydroxylation sites is 2. The molecule has 2 aliphatic heterocycles. The predicted octanol–water partition coefficient (Wildman–Crippen LogP) is 3.07. The van der Waals surface area contributed by atoms with Gasteiger partial charge in [-0.3, -0.25) is 0 Å². The number of benzene rings is 1. The summed E-state index contributed by atoms with van der Waals surface area (Å²) < 4.78 is 5.85. The molecule has 0 saturated heterocycles. The lowest BCUT2D eigenvalue weighted by molar-refractivity contribution is 0.111. The van der Waals surface area contributed by atoms with Gasteiger partial charge in [-0.15, -0.1) is 0 Å². The van der Waals surface area contributed by atoms with Crippen LogP contribution in [0.15, 0.2) is 24.3 Å². The van der Waals surface area contributed by atoms with E-state index in [-0.39, 0.29) is 0 Å². The Balaban J connectivity index is 0.000000404. The number of ether oxygens (including phenoxy) is 1. The average molecular weight is 205 g/mol. The second-order valence-electron chi connectivity index (χ2n) is 3.94. The van der Waals surface area contributed by atoms with Crippen molar-refractivity contribution >= 4 is 5.69 Å². The number of rotatable bonds is 0. The molecule has 0 amide bonds. The molecule has 1 aromatic carbocycles. The Labute approximate surface area is 91.9 Å². The molecule has 0 aromatic heterocycles. The van der Waals surface area contributed by atoms with Gasteiger partial charge in [-0.1, -0.05) is 26.0 Å². The van der Waals surface area contributed by atoms with E-state index in [0.29, 0.717) is 12.1 Å². The molecule has 2 bridgehead atoms. The predicted molar refractivity (Wildman–Crippen MR) is 63.6 cm³/mol. The molecule has 82 valence electrons. The van der Waals surface area contributed by atoms with Crippen LogP contribution in [-0.2, 0) is 0 Å². The van der Waals surface area contributed by atoms with Crippen molar-refractivity contribution in [3.63, 3.8) is 0 Å². The highest BCUT2D eigenvalue weighted by atomic mass is 16.5. The van der Waals surface area contributed by atoms with Crippen molar-refractivity contribution < 1.29 is 4.74 Å². The molecular weight excluding hydrogens is 186 g/mol. The Morgan fingerprint density at radius 1 is 1.20 bits per heavy atom. The maximum Gasteiger partial charge on any atom is 0.143 e. The molecule has 15 heavy (non-hydrogen) atoms. The minimum absolute atomic E-state index is 0.469. The summed E-state index contributed by atoms with van der Waals surface area (Å²) in [6.07, 6.45) is 2.84. The van der Waals surface area contributed by atoms with Crippen molar-refractivity contribution in [2.24, 2.45) is 0 Å². The van der Waals surface area contributed by atoms with Gasteiger partial charge in [-0.05, 0) is 12.1 Å². The van der Waals surface area contributed by atoms with Crippen LogP contribution in [0.5, 0.6) is 5.75 Å². The molecular formula is C13H19NO. The molecule has 0 atom stereocenters. The molecule has 0 unspecified atom stereocenters. The van der Waals surface area contributed by atoms with E-state index in [2.05, 4.69) is 30.1 Å². The maximum absolute atomic E-state index is 5.85. The zero-order valence-corrected chi connectivity index (χ0v) is 9.73. The summed E-state index contributed by atoms with van der Waals surface area (Å²) in [5.41, 5.74) is 1.24. The minimum atomic E-state index is 0.469. The van der Waals surface area contributed by atoms with E-state index in [1.807, 2.05) is 19.9 Å². The molecule has 3 aliphatic rings. The van der Waals surface area contributed by atoms with E-state index in [0.717, 1.165) is 5.75 Å². The van der Waals surface area contributed by atoms with E-state index in [4.69, 9.17) is 4.74 Å². The third-order valence-corrected chi connectivity index (χ3v) is 3.16. The fourth-order valence-electron chi connectivity index (χ4n) is 2.17. The number of hydrogen-bond donors (Lipinski definition) is 0. The van der Waals surface area contributed by atoms with Crippen LogP contribution in [0.25, 0.3) is 0 Å². The highest BCUT2D eigenvalue weighted by molar-refractivity contribution is 5.60. The van der Waals surface area contributed by atoms with Gasteiger partial charge < -0.3 is 9.64 Å². The van der Waals surface area contributed by atoms with Crippen LogP contribution >= 0.6 is 0 Å². The smallest absolute Gasteiger partial charge is 0.143 e. The van der Waals surface area contributed by atoms with Gasteiger partial charge in [-0.25, -0.2) is 0 Å². The molecule has 2 heterocycles. The van der Waals surface area contributed by atoms with Gasteiger partial charge >= 0.3 is 0 Å². The largest absolute Gasteiger partial charge is 0.488 e. The van der Waals surface area contributed by atoms with Crippen molar-refractivity contribution in [2.75, 3.05) is 11.9 Å². The van der Waals surface area contributed by atoms with Gasteiger partial charge in [0.05, 0.1) is 5.69 Å². The maximum atomic E-state index is 5.85. The van der Waals surface area contributed by atoms with Gasteiger partial charge in [0.15, 0.2) is 0 Å². The summed E-state index contributed by atoms with van der Waals surface area (Å²) in [6.45, 7) is 4.00. The summed E-state index contributed by atoms with van der Waals surface area (Å²) >= 11 is 0. The normalized spacial score (nSPS) is 26.2. The van der Waals surface area contributed by atoms with Crippen molar-refractivity contribution in [2.45, 2.75) is 38.8 Å². The summed E-state index contributed by atoms with van der Waals surface area (Å²) in [4.78, 5) is 2.35. The Morgan fingerprint density at radius 2 is 1.87 bits per heavy atom. The highest BCUT2D eigenvalue weighted by Gasteiger charge is 2.38. The summed E-state index contributed by atoms with van der Waals surface area (Å²) in [5.74, 6) is 1.05. The second kappa shape index (κ2) is 4.13. The molecule has 0 N–H and O–H groups in total. The first kappa shape index (κ1) is 10.3. The van der Waals surface area contributed by atoms with Gasteiger partial charge in [0.1, 0.15) is 11.9 Å². The average Bonchev–Trinajstić information content (AvgIpc) is 2.46. The fourth-order valence-corrected chi connectivity index (χ4v) is 2.17. The lowest BCUT2D eigenvalue weighted by atomic mass is 9.88. The summed E-state index contributed by atoms with van der Waals surface area (Å²) in [7, 11) is 2.16. The van der Waals surface area contributed by atoms with Crippen LogP contribution in [-0.4, -0.2) is 19.2 Å². The third kappa shape index (κ3) is 1.69. The lowest BCUT2D eigenvalue weighted by Gasteiger charge is -2.37. The van der Waals surface area contributed by atoms with Gasteiger partial charge in [0.2, 0.25) is 0 Å². The first-order chi connectivity index (χ1) is 7.34. The molecule has 0 spiro atoms. The number of hydrogen-bond acceptors (Lipinski definition) is 2. The van der Waals surface area contributed by atoms with E-state index in [9.17, 15) is 0 Å². The van der Waals surface area contributed by atoms with Crippen molar-refractivity contribution in [3.8, 4) is 5.75 Å². The molecule has 1 saturated carbocycles. The summed E-state index contributed by atoms with van der Waals surface area (Å²) in [6, 6.07) is 9.01. The minimum Gasteiger partial charge on any atom is -0.488 e. The molecule has 0 radical (unpaired) electrons. The zero-order chi connectivity index (χ0) is 10.8. The van der Waals surface area contributed by atoms with Gasteiger partial charge in [0, 0.05) is 25.9 Å². The highest BCUT2D eigenvalue weighted by Crippen LogP contribution is 2.41. The van der Waals surface area contributed by atoms with E-state index in [1.54, 1.807) is 0 Å². The molecule has 1 fully saturated rings. The Hall–Kier alpha value is -1.18. The van der Waals surface area contributed by atoms with Crippen LogP contribution in [0.1, 0.15) is 26.7 Å². The SMILES string of the molecule is CC.CN1c2ccccc2OC2CC1C2. The van der Waals surface area contributed by atoms with Crippen molar-refractivity contribution in [1.29, 1.82) is 0 Å². The van der Waals surface area contributed by atoms with Crippen LogP contribution < -0.4 is 9.64 Å². The van der Waals surface area contributed by atoms with E-state index >= 15 is 0 Å². The zero-order valence-electron chi connectivity index (χ0n) is 9.73. The summed E-state index contributed by atoms with van der Waals surface area (Å²) in [5, 5.41) is 0. The van der Waals surface area contributed by atoms with Crippen molar-refractivity contribution in [1.82, 2.24) is 0 Å². The lowest BCUT2D eigenvalue weighted by Crippen LogP contribution is -2.45. The number of nitrogens with zero attached hydrogens (tertiary/aromatic N) is 1. The Kier molecular flexibility index (Phi) is 2.85. The van der Waals surface area contributed by atoms with Crippen LogP contribution in [0.4, 0.5) is 5.69 Å². The third-order valence-electron chi connectivity index (χ3n) is 3.16. The molecule has 1 aromatic rings. The standard InChI is InChI=1S/C11H13NO.C2H6/c1-12-8-6-9(7-8)13-11-5-3-2-4-10(11)12;1-2/h2-5,8-9H,6-7H2,1H3;1-2H3. The first-order valence-corrected chi connectivity index (χ1v) is 5.83. The second-order valence-corrected chi connectivity index (χ2v) is 3.94. The Bertz CT molecular complexity index is 331. The number of anilines is 1. The van der Waals surface area contributed by atoms with E-state index < -0.39 is 0 Å². The first-order valence-electron chi connectivity index (χ1n) is 5.83. The van der Waals surface area contributed by atoms with Crippen LogP contribution in [0.2, 0.25) is 0 Å². The molecule has 4 rings (SSSR count). The van der Waals surface area contributed by atoms with E-state index in [1.165, 1.54) is 18.5 Å². The Morgan fingerprint density at radius 3 is 2.60 bits per heavy atom. The van der Waals surface area contributed by atoms with Crippen LogP contribution in [0.3, 0.4) is 0 Å². The van der Waals surface area contributed by atoms with Crippen LogP contribution in [0, 0.1) is 0 Å². The van der Waals surface area contributed by atoms with Gasteiger partial charge in [0.25, 0.3) is 0 Å². The fraction of sp³-hybridized carbons (Fsp3) is 0.538.